The molecule has 0 saturated heterocycles. The number of nitrogens with zero attached hydrogens (tertiary/aromatic N) is 1. The van der Waals surface area contributed by atoms with Crippen LogP contribution in [0.2, 0.25) is 0 Å². The fourth-order valence-electron chi connectivity index (χ4n) is 2.08. The molecule has 0 bridgehead atoms. The zero-order chi connectivity index (χ0) is 16.0. The molecule has 21 heavy (non-hydrogen) atoms. The number of carboxylic acid groups (broad SMARTS) is 1. The first kappa shape index (κ1) is 17.5. The maximum atomic E-state index is 12.5. The largest absolute Gasteiger partial charge is 0.494 e. The van der Waals surface area contributed by atoms with Crippen LogP contribution in [0.15, 0.2) is 29.2 Å². The van der Waals surface area contributed by atoms with Crippen molar-refractivity contribution in [2.45, 2.75) is 38.1 Å². The predicted molar refractivity (Wildman–Crippen MR) is 78.9 cm³/mol. The van der Waals surface area contributed by atoms with Crippen LogP contribution in [-0.4, -0.2) is 43.0 Å². The normalized spacial score (nSPS) is 13.1. The van der Waals surface area contributed by atoms with E-state index in [-0.39, 0.29) is 17.9 Å². The van der Waals surface area contributed by atoms with Gasteiger partial charge in [-0.25, -0.2) is 8.42 Å². The standard InChI is InChI=1S/C14H21NO5S/c1-4-15(11(3)10-14(16)17)21(18,19)13-8-6-12(7-9-13)20-5-2/h6-9,11H,4-5,10H2,1-3H3,(H,16,17). The highest BCUT2D eigenvalue weighted by Crippen LogP contribution is 2.22. The Labute approximate surface area is 125 Å². The minimum absolute atomic E-state index is 0.130. The Morgan fingerprint density at radius 1 is 1.29 bits per heavy atom. The highest BCUT2D eigenvalue weighted by atomic mass is 32.2. The summed E-state index contributed by atoms with van der Waals surface area (Å²) in [6.07, 6.45) is -0.232. The molecular weight excluding hydrogens is 294 g/mol. The van der Waals surface area contributed by atoms with Crippen molar-refractivity contribution in [2.75, 3.05) is 13.2 Å². The Hall–Kier alpha value is -1.60. The third-order valence-electron chi connectivity index (χ3n) is 3.01. The molecule has 0 radical (unpaired) electrons. The maximum absolute atomic E-state index is 12.5. The van der Waals surface area contributed by atoms with Crippen molar-refractivity contribution in [3.8, 4) is 5.75 Å². The van der Waals surface area contributed by atoms with Crippen LogP contribution in [-0.2, 0) is 14.8 Å². The Bertz CT molecular complexity index is 568. The topological polar surface area (TPSA) is 83.9 Å². The molecule has 0 aliphatic rings. The highest BCUT2D eigenvalue weighted by Gasteiger charge is 2.28. The Kier molecular flexibility index (Phi) is 6.17. The van der Waals surface area contributed by atoms with Crippen molar-refractivity contribution < 1.29 is 23.1 Å². The molecule has 0 aliphatic carbocycles. The molecule has 118 valence electrons. The third kappa shape index (κ3) is 4.44. The minimum atomic E-state index is -3.71. The van der Waals surface area contributed by atoms with Gasteiger partial charge >= 0.3 is 5.97 Å². The van der Waals surface area contributed by atoms with Crippen LogP contribution in [0.3, 0.4) is 0 Å². The molecule has 1 unspecified atom stereocenters. The van der Waals surface area contributed by atoms with Crippen molar-refractivity contribution >= 4 is 16.0 Å². The zero-order valence-corrected chi connectivity index (χ0v) is 13.3. The van der Waals surface area contributed by atoms with Crippen LogP contribution in [0, 0.1) is 0 Å². The van der Waals surface area contributed by atoms with Gasteiger partial charge in [0.1, 0.15) is 5.75 Å². The monoisotopic (exact) mass is 315 g/mol. The van der Waals surface area contributed by atoms with E-state index in [0.717, 1.165) is 0 Å². The average molecular weight is 315 g/mol. The van der Waals surface area contributed by atoms with Crippen LogP contribution in [0.1, 0.15) is 27.2 Å². The molecule has 0 aromatic heterocycles. The van der Waals surface area contributed by atoms with E-state index in [1.165, 1.54) is 16.4 Å². The van der Waals surface area contributed by atoms with Gasteiger partial charge in [-0.1, -0.05) is 6.92 Å². The average Bonchev–Trinajstić information content (AvgIpc) is 2.39. The minimum Gasteiger partial charge on any atom is -0.494 e. The number of benzene rings is 1. The fourth-order valence-corrected chi connectivity index (χ4v) is 3.72. The van der Waals surface area contributed by atoms with E-state index in [1.54, 1.807) is 26.0 Å². The van der Waals surface area contributed by atoms with E-state index in [1.807, 2.05) is 6.92 Å². The number of hydrogen-bond acceptors (Lipinski definition) is 4. The van der Waals surface area contributed by atoms with Gasteiger partial charge in [-0.05, 0) is 38.1 Å². The van der Waals surface area contributed by atoms with Crippen molar-refractivity contribution in [2.24, 2.45) is 0 Å². The van der Waals surface area contributed by atoms with Gasteiger partial charge in [0.15, 0.2) is 0 Å². The van der Waals surface area contributed by atoms with Gasteiger partial charge in [0.25, 0.3) is 0 Å². The summed E-state index contributed by atoms with van der Waals surface area (Å²) in [5.74, 6) is -0.430. The number of ether oxygens (including phenoxy) is 1. The lowest BCUT2D eigenvalue weighted by Gasteiger charge is -2.26. The molecule has 1 N–H and O–H groups in total. The van der Waals surface area contributed by atoms with Crippen molar-refractivity contribution in [3.05, 3.63) is 24.3 Å². The van der Waals surface area contributed by atoms with Gasteiger partial charge in [0.2, 0.25) is 10.0 Å². The summed E-state index contributed by atoms with van der Waals surface area (Å²) < 4.78 is 31.6. The number of hydrogen-bond donors (Lipinski definition) is 1. The van der Waals surface area contributed by atoms with E-state index >= 15 is 0 Å². The van der Waals surface area contributed by atoms with Crippen LogP contribution >= 0.6 is 0 Å². The van der Waals surface area contributed by atoms with Gasteiger partial charge < -0.3 is 9.84 Å². The Morgan fingerprint density at radius 2 is 1.86 bits per heavy atom. The molecule has 0 fully saturated rings. The third-order valence-corrected chi connectivity index (χ3v) is 5.12. The molecule has 6 nitrogen and oxygen atoms in total. The predicted octanol–water partition coefficient (Wildman–Crippen LogP) is 1.96. The molecule has 0 spiro atoms. The molecule has 0 aliphatic heterocycles. The SMILES string of the molecule is CCOc1ccc(S(=O)(=O)N(CC)C(C)CC(=O)O)cc1. The molecule has 0 saturated carbocycles. The summed E-state index contributed by atoms with van der Waals surface area (Å²) in [5.41, 5.74) is 0. The summed E-state index contributed by atoms with van der Waals surface area (Å²) in [4.78, 5) is 10.9. The van der Waals surface area contributed by atoms with E-state index in [9.17, 15) is 13.2 Å². The maximum Gasteiger partial charge on any atom is 0.304 e. The van der Waals surface area contributed by atoms with Crippen LogP contribution in [0.5, 0.6) is 5.75 Å². The molecular formula is C14H21NO5S. The highest BCUT2D eigenvalue weighted by molar-refractivity contribution is 7.89. The molecule has 1 aromatic rings. The summed E-state index contributed by atoms with van der Waals surface area (Å²) in [6, 6.07) is 5.51. The van der Waals surface area contributed by atoms with Gasteiger partial charge in [0.05, 0.1) is 17.9 Å². The van der Waals surface area contributed by atoms with Crippen LogP contribution < -0.4 is 4.74 Å². The molecule has 0 amide bonds. The lowest BCUT2D eigenvalue weighted by Crippen LogP contribution is -2.39. The number of aliphatic carboxylic acids is 1. The quantitative estimate of drug-likeness (QED) is 0.793. The first-order chi connectivity index (χ1) is 9.82. The van der Waals surface area contributed by atoms with Crippen molar-refractivity contribution in [1.29, 1.82) is 0 Å². The van der Waals surface area contributed by atoms with Gasteiger partial charge in [-0.2, -0.15) is 4.31 Å². The Morgan fingerprint density at radius 3 is 2.29 bits per heavy atom. The van der Waals surface area contributed by atoms with E-state index in [0.29, 0.717) is 12.4 Å². The second kappa shape index (κ2) is 7.42. The summed E-state index contributed by atoms with van der Waals surface area (Å²) in [5, 5.41) is 8.82. The van der Waals surface area contributed by atoms with E-state index < -0.39 is 22.0 Å². The lowest BCUT2D eigenvalue weighted by molar-refractivity contribution is -0.137. The van der Waals surface area contributed by atoms with Crippen molar-refractivity contribution in [3.63, 3.8) is 0 Å². The van der Waals surface area contributed by atoms with Gasteiger partial charge in [-0.15, -0.1) is 0 Å². The number of rotatable bonds is 8. The second-order valence-electron chi connectivity index (χ2n) is 4.56. The molecule has 1 aromatic carbocycles. The molecule has 1 rings (SSSR count). The number of sulfonamides is 1. The Balaban J connectivity index is 3.03. The second-order valence-corrected chi connectivity index (χ2v) is 6.45. The van der Waals surface area contributed by atoms with Gasteiger partial charge in [0, 0.05) is 12.6 Å². The zero-order valence-electron chi connectivity index (χ0n) is 12.4. The van der Waals surface area contributed by atoms with Crippen LogP contribution in [0.4, 0.5) is 0 Å². The number of carboxylic acids is 1. The van der Waals surface area contributed by atoms with Gasteiger partial charge in [-0.3, -0.25) is 4.79 Å². The number of carbonyl (C=O) groups is 1. The molecule has 7 heteroatoms. The molecule has 0 heterocycles. The van der Waals surface area contributed by atoms with Crippen molar-refractivity contribution in [1.82, 2.24) is 4.31 Å². The first-order valence-electron chi connectivity index (χ1n) is 6.79. The first-order valence-corrected chi connectivity index (χ1v) is 8.23. The van der Waals surface area contributed by atoms with Crippen LogP contribution in [0.25, 0.3) is 0 Å². The lowest BCUT2D eigenvalue weighted by atomic mass is 10.2. The summed E-state index contributed by atoms with van der Waals surface area (Å²) >= 11 is 0. The smallest absolute Gasteiger partial charge is 0.304 e. The van der Waals surface area contributed by atoms with E-state index in [2.05, 4.69) is 0 Å². The van der Waals surface area contributed by atoms with E-state index in [4.69, 9.17) is 9.84 Å². The summed E-state index contributed by atoms with van der Waals surface area (Å²) in [7, 11) is -3.71. The summed E-state index contributed by atoms with van der Waals surface area (Å²) in [6.45, 7) is 5.83. The fraction of sp³-hybridized carbons (Fsp3) is 0.500. The molecule has 1 atom stereocenters.